The number of primary amides is 1. The van der Waals surface area contributed by atoms with Crippen molar-refractivity contribution in [3.8, 4) is 0 Å². The largest absolute Gasteiger partial charge is 0.419 e. The first-order valence-electron chi connectivity index (χ1n) is 6.23. The number of halogens is 5. The summed E-state index contributed by atoms with van der Waals surface area (Å²) in [6.07, 6.45) is -3.87. The Morgan fingerprint density at radius 1 is 1.17 bits per heavy atom. The first-order valence-corrected chi connectivity index (χ1v) is 7.03. The molecule has 2 rings (SSSR count). The second kappa shape index (κ2) is 6.56. The number of anilines is 1. The molecule has 3 N–H and O–H groups in total. The lowest BCUT2D eigenvalue weighted by Crippen LogP contribution is -2.19. The van der Waals surface area contributed by atoms with Crippen LogP contribution in [0.25, 0.3) is 0 Å². The molecule has 1 heterocycles. The van der Waals surface area contributed by atoms with E-state index >= 15 is 0 Å². The van der Waals surface area contributed by atoms with Crippen molar-refractivity contribution in [3.63, 3.8) is 0 Å². The number of carbonyl (C=O) groups is 2. The van der Waals surface area contributed by atoms with Crippen LogP contribution < -0.4 is 11.1 Å². The summed E-state index contributed by atoms with van der Waals surface area (Å²) in [5.74, 6) is -3.60. The van der Waals surface area contributed by atoms with E-state index in [-0.39, 0.29) is 15.9 Å². The molecule has 1 aromatic carbocycles. The molecule has 0 radical (unpaired) electrons. The van der Waals surface area contributed by atoms with Gasteiger partial charge in [-0.05, 0) is 40.2 Å². The number of alkyl halides is 3. The summed E-state index contributed by atoms with van der Waals surface area (Å²) in [5, 5.41) is 2.19. The first kappa shape index (κ1) is 17.9. The fourth-order valence-corrected chi connectivity index (χ4v) is 2.27. The smallest absolute Gasteiger partial charge is 0.364 e. The van der Waals surface area contributed by atoms with Gasteiger partial charge in [0, 0.05) is 4.47 Å². The highest BCUT2D eigenvalue weighted by Crippen LogP contribution is 2.35. The van der Waals surface area contributed by atoms with Gasteiger partial charge in [0.1, 0.15) is 11.5 Å². The zero-order valence-electron chi connectivity index (χ0n) is 11.6. The number of aromatic nitrogens is 1. The third-order valence-electron chi connectivity index (χ3n) is 2.90. The fraction of sp³-hybridized carbons (Fsp3) is 0.0714. The van der Waals surface area contributed by atoms with Gasteiger partial charge in [-0.2, -0.15) is 13.2 Å². The van der Waals surface area contributed by atoms with Gasteiger partial charge in [-0.3, -0.25) is 9.59 Å². The SMILES string of the molecule is NC(=O)c1ccc(NC(=O)c2c(Br)ccc(C(F)(F)F)c2F)cn1. The van der Waals surface area contributed by atoms with Crippen LogP contribution in [0.15, 0.2) is 34.9 Å². The van der Waals surface area contributed by atoms with E-state index in [9.17, 15) is 27.2 Å². The third-order valence-corrected chi connectivity index (χ3v) is 3.56. The zero-order valence-corrected chi connectivity index (χ0v) is 13.2. The van der Waals surface area contributed by atoms with Gasteiger partial charge in [-0.1, -0.05) is 0 Å². The van der Waals surface area contributed by atoms with Crippen molar-refractivity contribution in [3.05, 3.63) is 57.6 Å². The van der Waals surface area contributed by atoms with Crippen molar-refractivity contribution < 1.29 is 27.2 Å². The highest BCUT2D eigenvalue weighted by atomic mass is 79.9. The Balaban J connectivity index is 2.34. The number of nitrogens with zero attached hydrogens (tertiary/aromatic N) is 1. The molecule has 0 aliphatic rings. The molecule has 126 valence electrons. The van der Waals surface area contributed by atoms with Crippen LogP contribution >= 0.6 is 15.9 Å². The minimum absolute atomic E-state index is 0.0497. The predicted octanol–water partition coefficient (Wildman–Crippen LogP) is 3.35. The van der Waals surface area contributed by atoms with Crippen molar-refractivity contribution in [1.29, 1.82) is 0 Å². The lowest BCUT2D eigenvalue weighted by Gasteiger charge is -2.13. The van der Waals surface area contributed by atoms with Crippen molar-refractivity contribution in [1.82, 2.24) is 4.98 Å². The summed E-state index contributed by atoms with van der Waals surface area (Å²) in [6.45, 7) is 0. The number of pyridine rings is 1. The van der Waals surface area contributed by atoms with E-state index in [4.69, 9.17) is 5.73 Å². The molecule has 2 amide bonds. The highest BCUT2D eigenvalue weighted by molar-refractivity contribution is 9.10. The van der Waals surface area contributed by atoms with Gasteiger partial charge in [0.15, 0.2) is 0 Å². The number of rotatable bonds is 3. The Morgan fingerprint density at radius 2 is 1.83 bits per heavy atom. The van der Waals surface area contributed by atoms with Crippen LogP contribution in [-0.2, 0) is 6.18 Å². The van der Waals surface area contributed by atoms with Crippen LogP contribution in [0.3, 0.4) is 0 Å². The summed E-state index contributed by atoms with van der Waals surface area (Å²) in [6, 6.07) is 3.91. The number of hydrogen-bond acceptors (Lipinski definition) is 3. The monoisotopic (exact) mass is 405 g/mol. The van der Waals surface area contributed by atoms with E-state index in [2.05, 4.69) is 26.2 Å². The number of hydrogen-bond donors (Lipinski definition) is 2. The van der Waals surface area contributed by atoms with E-state index in [1.54, 1.807) is 0 Å². The normalized spacial score (nSPS) is 11.2. The van der Waals surface area contributed by atoms with Gasteiger partial charge < -0.3 is 11.1 Å². The Kier molecular flexibility index (Phi) is 4.88. The average Bonchev–Trinajstić information content (AvgIpc) is 2.46. The van der Waals surface area contributed by atoms with Gasteiger partial charge in [0.2, 0.25) is 0 Å². The molecule has 0 saturated carbocycles. The van der Waals surface area contributed by atoms with E-state index < -0.39 is 34.9 Å². The number of nitrogens with one attached hydrogen (secondary N) is 1. The van der Waals surface area contributed by atoms with Gasteiger partial charge in [-0.15, -0.1) is 0 Å². The molecule has 0 atom stereocenters. The van der Waals surface area contributed by atoms with Crippen molar-refractivity contribution in [2.45, 2.75) is 6.18 Å². The summed E-state index contributed by atoms with van der Waals surface area (Å²) >= 11 is 2.85. The molecule has 1 aromatic heterocycles. The molecule has 0 aliphatic carbocycles. The lowest BCUT2D eigenvalue weighted by atomic mass is 10.1. The van der Waals surface area contributed by atoms with Crippen LogP contribution in [-0.4, -0.2) is 16.8 Å². The lowest BCUT2D eigenvalue weighted by molar-refractivity contribution is -0.140. The van der Waals surface area contributed by atoms with Crippen LogP contribution in [0.4, 0.5) is 23.2 Å². The Bertz CT molecular complexity index is 807. The number of nitrogens with two attached hydrogens (primary N) is 1. The summed E-state index contributed by atoms with van der Waals surface area (Å²) < 4.78 is 52.1. The van der Waals surface area contributed by atoms with Gasteiger partial charge in [-0.25, -0.2) is 9.37 Å². The third kappa shape index (κ3) is 3.70. The molecule has 0 unspecified atom stereocenters. The molecule has 10 heteroatoms. The minimum atomic E-state index is -4.94. The van der Waals surface area contributed by atoms with E-state index in [1.165, 1.54) is 12.1 Å². The van der Waals surface area contributed by atoms with Crippen LogP contribution in [0.2, 0.25) is 0 Å². The topological polar surface area (TPSA) is 85.1 Å². The molecular weight excluding hydrogens is 398 g/mol. The van der Waals surface area contributed by atoms with E-state index in [0.29, 0.717) is 6.07 Å². The molecule has 5 nitrogen and oxygen atoms in total. The number of amides is 2. The highest BCUT2D eigenvalue weighted by Gasteiger charge is 2.36. The summed E-state index contributed by atoms with van der Waals surface area (Å²) in [5.41, 5.74) is 2.62. The van der Waals surface area contributed by atoms with Gasteiger partial charge in [0.05, 0.1) is 23.0 Å². The Labute approximate surface area is 141 Å². The second-order valence-electron chi connectivity index (χ2n) is 4.53. The molecule has 0 fully saturated rings. The molecule has 0 bridgehead atoms. The minimum Gasteiger partial charge on any atom is -0.364 e. The number of benzene rings is 1. The summed E-state index contributed by atoms with van der Waals surface area (Å²) in [4.78, 5) is 26.6. The molecule has 2 aromatic rings. The molecule has 24 heavy (non-hydrogen) atoms. The second-order valence-corrected chi connectivity index (χ2v) is 5.39. The average molecular weight is 406 g/mol. The zero-order chi connectivity index (χ0) is 18.1. The summed E-state index contributed by atoms with van der Waals surface area (Å²) in [7, 11) is 0. The van der Waals surface area contributed by atoms with Crippen molar-refractivity contribution in [2.75, 3.05) is 5.32 Å². The molecule has 0 aliphatic heterocycles. The molecule has 0 spiro atoms. The maximum Gasteiger partial charge on any atom is 0.419 e. The number of carbonyl (C=O) groups excluding carboxylic acids is 2. The van der Waals surface area contributed by atoms with E-state index in [0.717, 1.165) is 12.3 Å². The maximum absolute atomic E-state index is 14.1. The van der Waals surface area contributed by atoms with E-state index in [1.807, 2.05) is 0 Å². The fourth-order valence-electron chi connectivity index (χ4n) is 1.79. The van der Waals surface area contributed by atoms with Crippen LogP contribution in [0, 0.1) is 5.82 Å². The predicted molar refractivity (Wildman–Crippen MR) is 79.8 cm³/mol. The first-order chi connectivity index (χ1) is 11.1. The van der Waals surface area contributed by atoms with Gasteiger partial charge in [0.25, 0.3) is 11.8 Å². The van der Waals surface area contributed by atoms with Crippen LogP contribution in [0.1, 0.15) is 26.4 Å². The van der Waals surface area contributed by atoms with Crippen molar-refractivity contribution >= 4 is 33.4 Å². The maximum atomic E-state index is 14.1. The molecule has 0 saturated heterocycles. The molecular formula is C14H8BrF4N3O2. The standard InChI is InChI=1S/C14H8BrF4N3O2/c15-8-3-2-7(14(17,18)19)11(16)10(8)13(24)22-6-1-4-9(12(20)23)21-5-6/h1-5H,(H2,20,23)(H,22,24). The Hall–Kier alpha value is -2.49. The quantitative estimate of drug-likeness (QED) is 0.767. The van der Waals surface area contributed by atoms with Crippen molar-refractivity contribution in [2.24, 2.45) is 5.73 Å². The van der Waals surface area contributed by atoms with Crippen LogP contribution in [0.5, 0.6) is 0 Å². The van der Waals surface area contributed by atoms with Gasteiger partial charge >= 0.3 is 6.18 Å². The Morgan fingerprint density at radius 3 is 2.33 bits per heavy atom.